The number of fused-ring (bicyclic) bond motifs is 4. The number of para-hydroxylation sites is 1. The molecule has 0 radical (unpaired) electrons. The Labute approximate surface area is 208 Å². The maximum atomic E-state index is 6.87. The topological polar surface area (TPSA) is 9.23 Å². The monoisotopic (exact) mass is 466 g/mol. The van der Waals surface area contributed by atoms with Crippen molar-refractivity contribution >= 4 is 47.1 Å². The zero-order chi connectivity index (χ0) is 23.6. The zero-order valence-corrected chi connectivity index (χ0v) is 21.2. The minimum atomic E-state index is -2.02. The maximum absolute atomic E-state index is 6.87. The normalized spacial score (nSPS) is 16.5. The molecule has 0 aromatic heterocycles. The highest BCUT2D eigenvalue weighted by Gasteiger charge is 2.47. The molecule has 0 fully saturated rings. The van der Waals surface area contributed by atoms with Gasteiger partial charge in [-0.2, -0.15) is 0 Å². The molecule has 2 aliphatic heterocycles. The molecule has 2 heterocycles. The first-order valence-electron chi connectivity index (χ1n) is 12.6. The van der Waals surface area contributed by atoms with E-state index >= 15 is 0 Å². The van der Waals surface area contributed by atoms with Gasteiger partial charge in [0.15, 0.2) is 0 Å². The van der Waals surface area contributed by atoms with Crippen LogP contribution in [0.15, 0.2) is 103 Å². The fraction of sp³-hybridized carbons (Fsp3) is 0.125. The van der Waals surface area contributed by atoms with E-state index in [0.717, 1.165) is 24.3 Å². The summed E-state index contributed by atoms with van der Waals surface area (Å²) in [5, 5.41) is 3.08. The fourth-order valence-electron chi connectivity index (χ4n) is 6.51. The second-order valence-electron chi connectivity index (χ2n) is 10.4. The third-order valence-corrected chi connectivity index (χ3v) is 11.7. The molecule has 0 saturated heterocycles. The van der Waals surface area contributed by atoms with Gasteiger partial charge in [0.1, 0.15) is 19.6 Å². The lowest BCUT2D eigenvalue weighted by Gasteiger charge is -2.42. The Morgan fingerprint density at radius 2 is 1.54 bits per heavy atom. The van der Waals surface area contributed by atoms with E-state index in [1.807, 2.05) is 0 Å². The molecule has 0 unspecified atom stereocenters. The van der Waals surface area contributed by atoms with Crippen molar-refractivity contribution < 1.29 is 4.74 Å². The molecule has 7 rings (SSSR count). The summed E-state index contributed by atoms with van der Waals surface area (Å²) in [7, 11) is -2.02. The highest BCUT2D eigenvalue weighted by Crippen LogP contribution is 2.38. The van der Waals surface area contributed by atoms with Gasteiger partial charge in [-0.3, -0.25) is 0 Å². The van der Waals surface area contributed by atoms with Crippen LogP contribution >= 0.6 is 0 Å². The van der Waals surface area contributed by atoms with Crippen molar-refractivity contribution in [1.29, 1.82) is 0 Å². The summed E-state index contributed by atoms with van der Waals surface area (Å²) in [6.45, 7) is 5.24. The van der Waals surface area contributed by atoms with Crippen LogP contribution in [0.5, 0.6) is 11.5 Å². The standard InChI is InChI=1S/C32H27BOSi/c1-35(2)29-20-12-10-18-27(29)33-26-17-9-11-19-28(26)34-31-24(22-13-5-3-6-14-22)21-25(32(35)30(31)33)23-15-7-4-8-16-23/h3-5,7-13,15-21H,6,14H2,1-2H3. The van der Waals surface area contributed by atoms with E-state index in [9.17, 15) is 0 Å². The first-order valence-corrected chi connectivity index (χ1v) is 15.6. The van der Waals surface area contributed by atoms with Crippen molar-refractivity contribution in [3.63, 3.8) is 0 Å². The van der Waals surface area contributed by atoms with Gasteiger partial charge in [-0.1, -0.05) is 115 Å². The van der Waals surface area contributed by atoms with Crippen LogP contribution in [0, 0.1) is 0 Å². The van der Waals surface area contributed by atoms with Gasteiger partial charge >= 0.3 is 0 Å². The second kappa shape index (κ2) is 7.73. The first-order chi connectivity index (χ1) is 17.1. The van der Waals surface area contributed by atoms with Crippen LogP contribution < -0.4 is 31.5 Å². The molecule has 0 bridgehead atoms. The molecule has 0 saturated carbocycles. The first kappa shape index (κ1) is 20.8. The van der Waals surface area contributed by atoms with E-state index in [-0.39, 0.29) is 6.71 Å². The van der Waals surface area contributed by atoms with Crippen molar-refractivity contribution in [2.24, 2.45) is 0 Å². The average molecular weight is 466 g/mol. The number of hydrogen-bond donors (Lipinski definition) is 0. The van der Waals surface area contributed by atoms with E-state index in [4.69, 9.17) is 4.74 Å². The maximum Gasteiger partial charge on any atom is 0.250 e. The van der Waals surface area contributed by atoms with Crippen molar-refractivity contribution in [1.82, 2.24) is 0 Å². The Bertz CT molecular complexity index is 1550. The highest BCUT2D eigenvalue weighted by atomic mass is 28.3. The lowest BCUT2D eigenvalue weighted by atomic mass is 9.35. The summed E-state index contributed by atoms with van der Waals surface area (Å²) >= 11 is 0. The van der Waals surface area contributed by atoms with E-state index in [2.05, 4.69) is 116 Å². The Morgan fingerprint density at radius 3 is 2.34 bits per heavy atom. The average Bonchev–Trinajstić information content (AvgIpc) is 2.91. The Morgan fingerprint density at radius 1 is 0.800 bits per heavy atom. The van der Waals surface area contributed by atoms with Crippen LogP contribution in [0.4, 0.5) is 0 Å². The molecule has 168 valence electrons. The van der Waals surface area contributed by atoms with Crippen LogP contribution in [0.1, 0.15) is 18.4 Å². The summed E-state index contributed by atoms with van der Waals surface area (Å²) in [6, 6.07) is 31.3. The second-order valence-corrected chi connectivity index (χ2v) is 14.7. The van der Waals surface area contributed by atoms with Crippen molar-refractivity contribution in [3.8, 4) is 22.6 Å². The molecule has 3 aliphatic rings. The van der Waals surface area contributed by atoms with Crippen LogP contribution in [0.3, 0.4) is 0 Å². The summed E-state index contributed by atoms with van der Waals surface area (Å²) in [4.78, 5) is 0. The van der Waals surface area contributed by atoms with Crippen molar-refractivity contribution in [2.45, 2.75) is 25.9 Å². The third-order valence-electron chi connectivity index (χ3n) is 8.06. The van der Waals surface area contributed by atoms with Gasteiger partial charge < -0.3 is 4.74 Å². The lowest BCUT2D eigenvalue weighted by molar-refractivity contribution is 0.486. The number of ether oxygens (including phenoxy) is 1. The van der Waals surface area contributed by atoms with E-state index < -0.39 is 8.07 Å². The van der Waals surface area contributed by atoms with Gasteiger partial charge in [0.25, 0.3) is 6.71 Å². The minimum Gasteiger partial charge on any atom is -0.458 e. The van der Waals surface area contributed by atoms with Gasteiger partial charge in [-0.15, -0.1) is 0 Å². The zero-order valence-electron chi connectivity index (χ0n) is 20.2. The SMILES string of the molecule is C[Si]1(C)c2ccccc2B2c3ccccc3Oc3c(C4=CC=CCC4)cc(-c4ccccc4)c1c32. The predicted octanol–water partition coefficient (Wildman–Crippen LogP) is 4.84. The molecule has 1 aliphatic carbocycles. The van der Waals surface area contributed by atoms with E-state index in [1.165, 1.54) is 43.8 Å². The molecular formula is C32H27BOSi. The molecule has 0 atom stereocenters. The number of benzene rings is 4. The molecule has 4 aromatic rings. The number of rotatable bonds is 2. The van der Waals surface area contributed by atoms with E-state index in [0.29, 0.717) is 0 Å². The third kappa shape index (κ3) is 3.01. The van der Waals surface area contributed by atoms with Crippen LogP contribution in [0.25, 0.3) is 16.7 Å². The van der Waals surface area contributed by atoms with Gasteiger partial charge in [-0.25, -0.2) is 0 Å². The van der Waals surface area contributed by atoms with Crippen LogP contribution in [-0.2, 0) is 0 Å². The van der Waals surface area contributed by atoms with Gasteiger partial charge in [0.05, 0.1) is 0 Å². The summed E-state index contributed by atoms with van der Waals surface area (Å²) in [5.74, 6) is 2.08. The number of allylic oxidation sites excluding steroid dienone is 4. The smallest absolute Gasteiger partial charge is 0.250 e. The predicted molar refractivity (Wildman–Crippen MR) is 153 cm³/mol. The summed E-state index contributed by atoms with van der Waals surface area (Å²) < 4.78 is 6.87. The largest absolute Gasteiger partial charge is 0.458 e. The van der Waals surface area contributed by atoms with Crippen LogP contribution in [0.2, 0.25) is 13.1 Å². The van der Waals surface area contributed by atoms with Gasteiger partial charge in [0, 0.05) is 5.56 Å². The molecule has 0 N–H and O–H groups in total. The molecule has 0 spiro atoms. The van der Waals surface area contributed by atoms with Crippen molar-refractivity contribution in [3.05, 3.63) is 109 Å². The fourth-order valence-corrected chi connectivity index (χ4v) is 10.1. The minimum absolute atomic E-state index is 0.198. The Hall–Kier alpha value is -3.56. The highest BCUT2D eigenvalue weighted by molar-refractivity contribution is 7.15. The van der Waals surface area contributed by atoms with E-state index in [1.54, 1.807) is 5.19 Å². The number of hydrogen-bond acceptors (Lipinski definition) is 1. The van der Waals surface area contributed by atoms with Crippen molar-refractivity contribution in [2.75, 3.05) is 0 Å². The Kier molecular flexibility index (Phi) is 4.59. The molecule has 3 heteroatoms. The quantitative estimate of drug-likeness (QED) is 0.338. The molecule has 4 aromatic carbocycles. The van der Waals surface area contributed by atoms with Gasteiger partial charge in [-0.05, 0) is 57.8 Å². The summed E-state index contributed by atoms with van der Waals surface area (Å²) in [5.41, 5.74) is 9.47. The molecule has 1 nitrogen and oxygen atoms in total. The molecule has 0 amide bonds. The molecular weight excluding hydrogens is 439 g/mol. The Balaban J connectivity index is 1.65. The molecule has 35 heavy (non-hydrogen) atoms. The lowest BCUT2D eigenvalue weighted by Crippen LogP contribution is -2.77. The summed E-state index contributed by atoms with van der Waals surface area (Å²) in [6.07, 6.45) is 8.87. The van der Waals surface area contributed by atoms with Gasteiger partial charge in [0.2, 0.25) is 0 Å². The van der Waals surface area contributed by atoms with Crippen LogP contribution in [-0.4, -0.2) is 14.8 Å².